The van der Waals surface area contributed by atoms with Crippen LogP contribution >= 0.6 is 22.9 Å². The molecule has 0 aliphatic heterocycles. The van der Waals surface area contributed by atoms with Crippen molar-refractivity contribution in [3.05, 3.63) is 10.7 Å². The highest BCUT2D eigenvalue weighted by Gasteiger charge is 2.14. The molecule has 2 aromatic heterocycles. The summed E-state index contributed by atoms with van der Waals surface area (Å²) in [5.74, 6) is 0. The molecule has 110 valence electrons. The smallest absolute Gasteiger partial charge is 0.161 e. The van der Waals surface area contributed by atoms with Gasteiger partial charge in [-0.15, -0.1) is 15.3 Å². The summed E-state index contributed by atoms with van der Waals surface area (Å²) in [7, 11) is 0. The minimum atomic E-state index is 0.177. The summed E-state index contributed by atoms with van der Waals surface area (Å²) in [6.07, 6.45) is 2.93. The third kappa shape index (κ3) is 4.29. The molecule has 0 radical (unpaired) electrons. The predicted octanol–water partition coefficient (Wildman–Crippen LogP) is 2.94. The normalized spacial score (nSPS) is 12.0. The monoisotopic (exact) mass is 311 g/mol. The van der Waals surface area contributed by atoms with Crippen LogP contribution in [0.25, 0.3) is 9.88 Å². The molecule has 2 heterocycles. The van der Waals surface area contributed by atoms with Crippen LogP contribution in [0.2, 0.25) is 0 Å². The Labute approximate surface area is 128 Å². The number of hydrogen-bond acceptors (Lipinski definition) is 7. The van der Waals surface area contributed by atoms with E-state index in [2.05, 4.69) is 52.8 Å². The molecule has 5 nitrogen and oxygen atoms in total. The van der Waals surface area contributed by atoms with Crippen molar-refractivity contribution in [2.45, 2.75) is 52.5 Å². The van der Waals surface area contributed by atoms with Crippen molar-refractivity contribution in [3.8, 4) is 9.88 Å². The lowest BCUT2D eigenvalue weighted by molar-refractivity contribution is 0.422. The van der Waals surface area contributed by atoms with Crippen LogP contribution in [-0.4, -0.2) is 31.9 Å². The van der Waals surface area contributed by atoms with E-state index in [4.69, 9.17) is 0 Å². The van der Waals surface area contributed by atoms with Crippen LogP contribution in [0.3, 0.4) is 0 Å². The Morgan fingerprint density at radius 2 is 1.95 bits per heavy atom. The highest BCUT2D eigenvalue weighted by Crippen LogP contribution is 2.29. The largest absolute Gasteiger partial charge is 0.312 e. The first-order chi connectivity index (χ1) is 9.49. The summed E-state index contributed by atoms with van der Waals surface area (Å²) in [6.45, 7) is 9.62. The first-order valence-electron chi connectivity index (χ1n) is 6.88. The van der Waals surface area contributed by atoms with Crippen LogP contribution in [0, 0.1) is 0 Å². The third-order valence-corrected chi connectivity index (χ3v) is 4.68. The molecule has 0 saturated heterocycles. The maximum absolute atomic E-state index is 4.27. The van der Waals surface area contributed by atoms with Crippen molar-refractivity contribution in [2.75, 3.05) is 6.54 Å². The van der Waals surface area contributed by atoms with E-state index in [1.165, 1.54) is 11.5 Å². The molecule has 2 aromatic rings. The fourth-order valence-corrected chi connectivity index (χ4v) is 3.46. The van der Waals surface area contributed by atoms with Crippen molar-refractivity contribution in [1.29, 1.82) is 0 Å². The molecule has 0 aromatic carbocycles. The maximum atomic E-state index is 4.27. The minimum Gasteiger partial charge on any atom is -0.312 e. The lowest BCUT2D eigenvalue weighted by Crippen LogP contribution is -2.36. The molecule has 7 heteroatoms. The average Bonchev–Trinajstić information content (AvgIpc) is 3.01. The van der Waals surface area contributed by atoms with Crippen LogP contribution in [0.15, 0.2) is 0 Å². The van der Waals surface area contributed by atoms with Crippen LogP contribution in [0.1, 0.15) is 44.8 Å². The molecule has 0 fully saturated rings. The van der Waals surface area contributed by atoms with E-state index in [1.54, 1.807) is 11.3 Å². The van der Waals surface area contributed by atoms with Gasteiger partial charge in [0.2, 0.25) is 0 Å². The SMILES string of the molecule is CCc1nnsc1-c1nnc(CCCNC(C)(C)C)s1. The van der Waals surface area contributed by atoms with Gasteiger partial charge in [-0.3, -0.25) is 0 Å². The summed E-state index contributed by atoms with van der Waals surface area (Å²) >= 11 is 3.07. The van der Waals surface area contributed by atoms with Crippen LogP contribution in [0.4, 0.5) is 0 Å². The molecule has 0 unspecified atom stereocenters. The lowest BCUT2D eigenvalue weighted by atomic mass is 10.1. The Morgan fingerprint density at radius 3 is 2.65 bits per heavy atom. The number of aromatic nitrogens is 4. The van der Waals surface area contributed by atoms with Gasteiger partial charge in [0.25, 0.3) is 0 Å². The molecule has 0 bridgehead atoms. The van der Waals surface area contributed by atoms with E-state index in [1.807, 2.05) is 0 Å². The van der Waals surface area contributed by atoms with Gasteiger partial charge in [-0.25, -0.2) is 0 Å². The average molecular weight is 311 g/mol. The van der Waals surface area contributed by atoms with E-state index in [9.17, 15) is 0 Å². The Bertz CT molecular complexity index is 541. The molecule has 0 saturated carbocycles. The van der Waals surface area contributed by atoms with Gasteiger partial charge in [0, 0.05) is 12.0 Å². The highest BCUT2D eigenvalue weighted by molar-refractivity contribution is 7.19. The van der Waals surface area contributed by atoms with Crippen molar-refractivity contribution in [3.63, 3.8) is 0 Å². The van der Waals surface area contributed by atoms with E-state index in [0.29, 0.717) is 0 Å². The summed E-state index contributed by atoms with van der Waals surface area (Å²) in [6, 6.07) is 0. The van der Waals surface area contributed by atoms with E-state index in [0.717, 1.165) is 46.4 Å². The number of hydrogen-bond donors (Lipinski definition) is 1. The van der Waals surface area contributed by atoms with Crippen molar-refractivity contribution < 1.29 is 0 Å². The Hall–Kier alpha value is -0.920. The molecule has 0 amide bonds. The van der Waals surface area contributed by atoms with E-state index >= 15 is 0 Å². The topological polar surface area (TPSA) is 63.6 Å². The van der Waals surface area contributed by atoms with Crippen LogP contribution in [0.5, 0.6) is 0 Å². The molecular formula is C13H21N5S2. The van der Waals surface area contributed by atoms with Crippen molar-refractivity contribution in [2.24, 2.45) is 0 Å². The van der Waals surface area contributed by atoms with Gasteiger partial charge in [-0.05, 0) is 51.7 Å². The van der Waals surface area contributed by atoms with Gasteiger partial charge in [-0.1, -0.05) is 22.7 Å². The van der Waals surface area contributed by atoms with Gasteiger partial charge >= 0.3 is 0 Å². The van der Waals surface area contributed by atoms with Gasteiger partial charge in [0.1, 0.15) is 9.88 Å². The zero-order valence-electron chi connectivity index (χ0n) is 12.4. The zero-order valence-corrected chi connectivity index (χ0v) is 14.1. The zero-order chi connectivity index (χ0) is 14.6. The quantitative estimate of drug-likeness (QED) is 0.831. The molecule has 1 N–H and O–H groups in total. The fourth-order valence-electron chi connectivity index (χ4n) is 1.75. The molecule has 0 atom stereocenters. The third-order valence-electron chi connectivity index (χ3n) is 2.77. The van der Waals surface area contributed by atoms with Gasteiger partial charge in [0.15, 0.2) is 5.01 Å². The Kier molecular flexibility index (Phi) is 5.17. The molecule has 0 spiro atoms. The van der Waals surface area contributed by atoms with Crippen LogP contribution in [-0.2, 0) is 12.8 Å². The van der Waals surface area contributed by atoms with Crippen molar-refractivity contribution >= 4 is 22.9 Å². The summed E-state index contributed by atoms with van der Waals surface area (Å²) in [4.78, 5) is 1.07. The van der Waals surface area contributed by atoms with E-state index in [-0.39, 0.29) is 5.54 Å². The second-order valence-corrected chi connectivity index (χ2v) is 7.50. The van der Waals surface area contributed by atoms with Gasteiger partial charge in [0.05, 0.1) is 5.69 Å². The van der Waals surface area contributed by atoms with Crippen LogP contribution < -0.4 is 5.32 Å². The predicted molar refractivity (Wildman–Crippen MR) is 84.3 cm³/mol. The molecule has 20 heavy (non-hydrogen) atoms. The molecule has 0 aliphatic rings. The second kappa shape index (κ2) is 6.69. The number of aryl methyl sites for hydroxylation is 2. The first-order valence-corrected chi connectivity index (χ1v) is 8.47. The summed E-state index contributed by atoms with van der Waals surface area (Å²) in [5, 5.41) is 18.2. The minimum absolute atomic E-state index is 0.177. The first kappa shape index (κ1) is 15.5. The second-order valence-electron chi connectivity index (χ2n) is 5.68. The maximum Gasteiger partial charge on any atom is 0.161 e. The number of rotatable bonds is 6. The standard InChI is InChI=1S/C13H21N5S2/c1-5-9-11(20-18-15-9)12-17-16-10(19-12)7-6-8-14-13(2,3)4/h14H,5-8H2,1-4H3. The Morgan fingerprint density at radius 1 is 1.15 bits per heavy atom. The Balaban J connectivity index is 1.90. The van der Waals surface area contributed by atoms with Gasteiger partial charge < -0.3 is 5.32 Å². The number of nitrogens with one attached hydrogen (secondary N) is 1. The number of nitrogens with zero attached hydrogens (tertiary/aromatic N) is 4. The lowest BCUT2D eigenvalue weighted by Gasteiger charge is -2.20. The van der Waals surface area contributed by atoms with Crippen molar-refractivity contribution in [1.82, 2.24) is 25.1 Å². The molecular weight excluding hydrogens is 290 g/mol. The highest BCUT2D eigenvalue weighted by atomic mass is 32.1. The molecule has 0 aliphatic carbocycles. The fraction of sp³-hybridized carbons (Fsp3) is 0.692. The summed E-state index contributed by atoms with van der Waals surface area (Å²) in [5.41, 5.74) is 1.20. The van der Waals surface area contributed by atoms with E-state index < -0.39 is 0 Å². The van der Waals surface area contributed by atoms with Gasteiger partial charge in [-0.2, -0.15) is 0 Å². The summed E-state index contributed by atoms with van der Waals surface area (Å²) < 4.78 is 4.00. The molecule has 2 rings (SSSR count).